The molecule has 0 aliphatic carbocycles. The fraction of sp³-hybridized carbons (Fsp3) is 0.542. The minimum absolute atomic E-state index is 0. The Labute approximate surface area is 209 Å². The summed E-state index contributed by atoms with van der Waals surface area (Å²) in [5, 5.41) is 17.6. The van der Waals surface area contributed by atoms with E-state index in [4.69, 9.17) is 10.7 Å². The second-order valence-corrected chi connectivity index (χ2v) is 8.64. The van der Waals surface area contributed by atoms with E-state index in [1.165, 1.54) is 12.8 Å². The van der Waals surface area contributed by atoms with Crippen molar-refractivity contribution >= 4 is 35.8 Å². The van der Waals surface area contributed by atoms with Gasteiger partial charge in [-0.3, -0.25) is 4.99 Å². The van der Waals surface area contributed by atoms with Crippen LogP contribution in [0.2, 0.25) is 0 Å². The molecule has 2 aromatic rings. The van der Waals surface area contributed by atoms with Gasteiger partial charge in [0, 0.05) is 26.2 Å². The number of rotatable bonds is 8. The summed E-state index contributed by atoms with van der Waals surface area (Å²) in [6, 6.07) is 11.9. The number of para-hydroxylation sites is 1. The number of nitriles is 1. The molecule has 0 amide bonds. The number of hydrogen-bond acceptors (Lipinski definition) is 4. The summed E-state index contributed by atoms with van der Waals surface area (Å²) in [4.78, 5) is 7.24. The number of nitrogens with zero attached hydrogens (tertiary/aromatic N) is 5. The van der Waals surface area contributed by atoms with Crippen molar-refractivity contribution in [3.63, 3.8) is 0 Å². The summed E-state index contributed by atoms with van der Waals surface area (Å²) in [6.45, 7) is 10.4. The number of hydrogen-bond donors (Lipinski definition) is 2. The molecule has 1 aliphatic rings. The minimum Gasteiger partial charge on any atom is -0.382 e. The third-order valence-electron chi connectivity index (χ3n) is 5.66. The number of anilines is 1. The number of halogens is 1. The number of nitrogens with one attached hydrogen (secondary N) is 1. The molecule has 3 rings (SSSR count). The number of nitrogens with two attached hydrogens (primary N) is 1. The van der Waals surface area contributed by atoms with Gasteiger partial charge in [-0.25, -0.2) is 4.68 Å². The summed E-state index contributed by atoms with van der Waals surface area (Å²) < 4.78 is 1.65. The van der Waals surface area contributed by atoms with Crippen molar-refractivity contribution in [2.45, 2.75) is 46.5 Å². The van der Waals surface area contributed by atoms with Crippen molar-refractivity contribution in [1.82, 2.24) is 20.0 Å². The molecule has 0 spiro atoms. The highest BCUT2D eigenvalue weighted by atomic mass is 127. The first-order valence-corrected chi connectivity index (χ1v) is 11.4. The normalized spacial score (nSPS) is 16.2. The molecule has 8 heteroatoms. The van der Waals surface area contributed by atoms with Gasteiger partial charge in [-0.05, 0) is 56.6 Å². The molecule has 1 fully saturated rings. The molecule has 7 nitrogen and oxygen atoms in total. The highest BCUT2D eigenvalue weighted by Crippen LogP contribution is 2.24. The van der Waals surface area contributed by atoms with Crippen LogP contribution in [0.15, 0.2) is 35.3 Å². The standard InChI is InChI=1S/C24H35N7.HI/c1-4-27-24(30-14-12-19(17-30)15-18(2)3)28-13-8-11-22-21(16-25)23(26)31(29-22)20-9-6-5-7-10-20;/h5-7,9-10,18-19H,4,8,11-15,17,26H2,1-3H3,(H,27,28);1H. The zero-order valence-electron chi connectivity index (χ0n) is 19.4. The van der Waals surface area contributed by atoms with Crippen LogP contribution >= 0.6 is 24.0 Å². The van der Waals surface area contributed by atoms with Crippen LogP contribution in [0.5, 0.6) is 0 Å². The lowest BCUT2D eigenvalue weighted by molar-refractivity contribution is 0.403. The van der Waals surface area contributed by atoms with Crippen LogP contribution in [0.4, 0.5) is 5.82 Å². The average Bonchev–Trinajstić information content (AvgIpc) is 3.34. The second-order valence-electron chi connectivity index (χ2n) is 8.64. The van der Waals surface area contributed by atoms with Crippen molar-refractivity contribution in [1.29, 1.82) is 5.26 Å². The van der Waals surface area contributed by atoms with Gasteiger partial charge in [0.1, 0.15) is 17.5 Å². The van der Waals surface area contributed by atoms with E-state index in [1.807, 2.05) is 30.3 Å². The van der Waals surface area contributed by atoms with Crippen LogP contribution in [0, 0.1) is 23.2 Å². The molecule has 32 heavy (non-hydrogen) atoms. The first-order valence-electron chi connectivity index (χ1n) is 11.4. The van der Waals surface area contributed by atoms with E-state index in [1.54, 1.807) is 4.68 Å². The monoisotopic (exact) mass is 549 g/mol. The smallest absolute Gasteiger partial charge is 0.193 e. The van der Waals surface area contributed by atoms with Crippen LogP contribution in [0.1, 0.15) is 51.3 Å². The fourth-order valence-corrected chi connectivity index (χ4v) is 4.28. The minimum atomic E-state index is 0. The highest BCUT2D eigenvalue weighted by molar-refractivity contribution is 14.0. The summed E-state index contributed by atoms with van der Waals surface area (Å²) in [7, 11) is 0. The van der Waals surface area contributed by atoms with E-state index in [2.05, 4.69) is 42.2 Å². The molecule has 1 unspecified atom stereocenters. The van der Waals surface area contributed by atoms with Crippen LogP contribution < -0.4 is 11.1 Å². The van der Waals surface area contributed by atoms with Gasteiger partial charge in [0.15, 0.2) is 5.96 Å². The Balaban J connectivity index is 0.00000363. The number of aromatic nitrogens is 2. The molecule has 1 aromatic heterocycles. The zero-order chi connectivity index (χ0) is 22.2. The number of nitrogen functional groups attached to an aromatic ring is 1. The molecule has 3 N–H and O–H groups in total. The van der Waals surface area contributed by atoms with Gasteiger partial charge in [0.25, 0.3) is 0 Å². The molecule has 2 heterocycles. The predicted octanol–water partition coefficient (Wildman–Crippen LogP) is 4.21. The van der Waals surface area contributed by atoms with Crippen LogP contribution in [0.25, 0.3) is 5.69 Å². The average molecular weight is 550 g/mol. The van der Waals surface area contributed by atoms with Gasteiger partial charge >= 0.3 is 0 Å². The van der Waals surface area contributed by atoms with Crippen molar-refractivity contribution in [3.8, 4) is 11.8 Å². The Morgan fingerprint density at radius 2 is 2.09 bits per heavy atom. The highest BCUT2D eigenvalue weighted by Gasteiger charge is 2.25. The third-order valence-corrected chi connectivity index (χ3v) is 5.66. The zero-order valence-corrected chi connectivity index (χ0v) is 21.8. The number of benzene rings is 1. The molecule has 0 radical (unpaired) electrons. The number of aryl methyl sites for hydroxylation is 1. The maximum atomic E-state index is 9.58. The molecule has 1 saturated heterocycles. The number of aliphatic imine (C=N–C) groups is 1. The third kappa shape index (κ3) is 6.61. The van der Waals surface area contributed by atoms with E-state index in [-0.39, 0.29) is 24.0 Å². The molecular formula is C24H36IN7. The molecule has 0 bridgehead atoms. The van der Waals surface area contributed by atoms with Gasteiger partial charge < -0.3 is 16.0 Å². The first kappa shape index (κ1) is 26.0. The Morgan fingerprint density at radius 3 is 2.75 bits per heavy atom. The lowest BCUT2D eigenvalue weighted by Crippen LogP contribution is -2.40. The summed E-state index contributed by atoms with van der Waals surface area (Å²) in [5.74, 6) is 2.89. The summed E-state index contributed by atoms with van der Waals surface area (Å²) >= 11 is 0. The van der Waals surface area contributed by atoms with E-state index < -0.39 is 0 Å². The topological polar surface area (TPSA) is 95.3 Å². The molecular weight excluding hydrogens is 513 g/mol. The molecule has 1 aromatic carbocycles. The maximum absolute atomic E-state index is 9.58. The molecule has 1 atom stereocenters. The van der Waals surface area contributed by atoms with Gasteiger partial charge in [0.2, 0.25) is 0 Å². The lowest BCUT2D eigenvalue weighted by Gasteiger charge is -2.22. The summed E-state index contributed by atoms with van der Waals surface area (Å²) in [5.41, 5.74) is 8.27. The van der Waals surface area contributed by atoms with E-state index in [0.717, 1.165) is 55.2 Å². The Kier molecular flexibility index (Phi) is 10.3. The predicted molar refractivity (Wildman–Crippen MR) is 142 cm³/mol. The Morgan fingerprint density at radius 1 is 1.34 bits per heavy atom. The van der Waals surface area contributed by atoms with E-state index in [9.17, 15) is 5.26 Å². The fourth-order valence-electron chi connectivity index (χ4n) is 4.28. The SMILES string of the molecule is CCNC(=NCCCc1nn(-c2ccccc2)c(N)c1C#N)N1CCC(CC(C)C)C1.I. The Bertz CT molecular complexity index is 914. The second kappa shape index (κ2) is 12.7. The quantitative estimate of drug-likeness (QED) is 0.223. The van der Waals surface area contributed by atoms with Crippen LogP contribution in [-0.2, 0) is 6.42 Å². The van der Waals surface area contributed by atoms with Crippen LogP contribution in [-0.4, -0.2) is 46.8 Å². The van der Waals surface area contributed by atoms with E-state index in [0.29, 0.717) is 24.3 Å². The first-order chi connectivity index (χ1) is 15.0. The van der Waals surface area contributed by atoms with Crippen molar-refractivity contribution in [2.75, 3.05) is 31.9 Å². The molecule has 1 aliphatic heterocycles. The van der Waals surface area contributed by atoms with Gasteiger partial charge in [-0.15, -0.1) is 24.0 Å². The Hall–Kier alpha value is -2.28. The van der Waals surface area contributed by atoms with E-state index >= 15 is 0 Å². The number of likely N-dealkylation sites (tertiary alicyclic amines) is 1. The summed E-state index contributed by atoms with van der Waals surface area (Å²) in [6.07, 6.45) is 4.01. The molecule has 174 valence electrons. The maximum Gasteiger partial charge on any atom is 0.193 e. The number of guanidine groups is 1. The lowest BCUT2D eigenvalue weighted by atomic mass is 9.97. The van der Waals surface area contributed by atoms with Crippen LogP contribution in [0.3, 0.4) is 0 Å². The van der Waals surface area contributed by atoms with Crippen molar-refractivity contribution in [2.24, 2.45) is 16.8 Å². The van der Waals surface area contributed by atoms with Gasteiger partial charge in [0.05, 0.1) is 11.4 Å². The van der Waals surface area contributed by atoms with Crippen molar-refractivity contribution < 1.29 is 0 Å². The largest absolute Gasteiger partial charge is 0.382 e. The molecule has 0 saturated carbocycles. The van der Waals surface area contributed by atoms with Gasteiger partial charge in [-0.2, -0.15) is 10.4 Å². The van der Waals surface area contributed by atoms with Crippen molar-refractivity contribution in [3.05, 3.63) is 41.6 Å². The van der Waals surface area contributed by atoms with Gasteiger partial charge in [-0.1, -0.05) is 32.0 Å².